The van der Waals surface area contributed by atoms with Gasteiger partial charge in [0.15, 0.2) is 5.78 Å². The fourth-order valence-electron chi connectivity index (χ4n) is 2.56. The molecule has 0 atom stereocenters. The average Bonchev–Trinajstić information content (AvgIpc) is 2.91. The van der Waals surface area contributed by atoms with E-state index in [0.29, 0.717) is 10.6 Å². The molecule has 0 bridgehead atoms. The second-order valence-electron chi connectivity index (χ2n) is 5.40. The zero-order valence-corrected chi connectivity index (χ0v) is 13.9. The molecule has 0 aromatic carbocycles. The van der Waals surface area contributed by atoms with Gasteiger partial charge >= 0.3 is 0 Å². The Hall–Kier alpha value is -2.47. The maximum Gasteiger partial charge on any atom is 0.171 e. The van der Waals surface area contributed by atoms with Crippen LogP contribution in [-0.2, 0) is 6.42 Å². The minimum atomic E-state index is -0.0208. The first-order valence-electron chi connectivity index (χ1n) is 7.37. The third kappa shape index (κ3) is 3.03. The van der Waals surface area contributed by atoms with Gasteiger partial charge in [0.1, 0.15) is 4.83 Å². The first-order chi connectivity index (χ1) is 11.1. The molecule has 118 valence electrons. The molecule has 3 aromatic heterocycles. The molecule has 23 heavy (non-hydrogen) atoms. The SMILES string of the molecule is CC(=O)c1sc2nccc(N(C)CCc3ccccn3)c2c1N. The van der Waals surface area contributed by atoms with Gasteiger partial charge in [-0.3, -0.25) is 9.78 Å². The van der Waals surface area contributed by atoms with Crippen LogP contribution in [0.15, 0.2) is 36.7 Å². The summed E-state index contributed by atoms with van der Waals surface area (Å²) in [7, 11) is 2.02. The van der Waals surface area contributed by atoms with Gasteiger partial charge in [0.25, 0.3) is 0 Å². The third-order valence-electron chi connectivity index (χ3n) is 3.77. The number of fused-ring (bicyclic) bond motifs is 1. The summed E-state index contributed by atoms with van der Waals surface area (Å²) in [6.07, 6.45) is 4.40. The molecule has 0 amide bonds. The number of hydrogen-bond donors (Lipinski definition) is 1. The van der Waals surface area contributed by atoms with Crippen LogP contribution in [0.25, 0.3) is 10.2 Å². The van der Waals surface area contributed by atoms with E-state index < -0.39 is 0 Å². The molecule has 0 aliphatic carbocycles. The van der Waals surface area contributed by atoms with Crippen molar-refractivity contribution < 1.29 is 4.79 Å². The normalized spacial score (nSPS) is 10.9. The maximum absolute atomic E-state index is 11.7. The second-order valence-corrected chi connectivity index (χ2v) is 6.40. The lowest BCUT2D eigenvalue weighted by Crippen LogP contribution is -2.21. The number of aromatic nitrogens is 2. The summed E-state index contributed by atoms with van der Waals surface area (Å²) < 4.78 is 0. The highest BCUT2D eigenvalue weighted by Crippen LogP contribution is 2.38. The summed E-state index contributed by atoms with van der Waals surface area (Å²) in [5, 5.41) is 0.867. The van der Waals surface area contributed by atoms with Crippen LogP contribution in [-0.4, -0.2) is 29.3 Å². The number of anilines is 2. The number of nitrogens with zero attached hydrogens (tertiary/aromatic N) is 3. The largest absolute Gasteiger partial charge is 0.397 e. The lowest BCUT2D eigenvalue weighted by atomic mass is 10.2. The van der Waals surface area contributed by atoms with Crippen LogP contribution >= 0.6 is 11.3 Å². The van der Waals surface area contributed by atoms with Gasteiger partial charge in [0.05, 0.1) is 21.6 Å². The topological polar surface area (TPSA) is 72.1 Å². The minimum Gasteiger partial charge on any atom is -0.397 e. The summed E-state index contributed by atoms with van der Waals surface area (Å²) in [6.45, 7) is 2.34. The predicted molar refractivity (Wildman–Crippen MR) is 95.2 cm³/mol. The molecule has 0 radical (unpaired) electrons. The number of nitrogens with two attached hydrogens (primary N) is 1. The third-order valence-corrected chi connectivity index (χ3v) is 4.98. The van der Waals surface area contributed by atoms with Crippen LogP contribution < -0.4 is 10.6 Å². The van der Waals surface area contributed by atoms with Crippen molar-refractivity contribution in [3.63, 3.8) is 0 Å². The average molecular weight is 326 g/mol. The Morgan fingerprint density at radius 3 is 2.78 bits per heavy atom. The first kappa shape index (κ1) is 15.4. The molecule has 0 saturated carbocycles. The van der Waals surface area contributed by atoms with Gasteiger partial charge in [-0.05, 0) is 18.2 Å². The summed E-state index contributed by atoms with van der Waals surface area (Å²) in [5.74, 6) is -0.0208. The van der Waals surface area contributed by atoms with E-state index in [0.717, 1.165) is 34.6 Å². The minimum absolute atomic E-state index is 0.0208. The number of carbonyl (C=O) groups excluding carboxylic acids is 1. The van der Waals surface area contributed by atoms with Crippen molar-refractivity contribution in [1.29, 1.82) is 0 Å². The first-order valence-corrected chi connectivity index (χ1v) is 8.18. The van der Waals surface area contributed by atoms with Crippen LogP contribution in [0.2, 0.25) is 0 Å². The maximum atomic E-state index is 11.7. The fraction of sp³-hybridized carbons (Fsp3) is 0.235. The number of Topliss-reactive ketones (excluding diaryl/α,β-unsaturated/α-hetero) is 1. The number of carbonyl (C=O) groups is 1. The van der Waals surface area contributed by atoms with Gasteiger partial charge in [0.2, 0.25) is 0 Å². The van der Waals surface area contributed by atoms with E-state index >= 15 is 0 Å². The number of pyridine rings is 2. The van der Waals surface area contributed by atoms with Crippen molar-refractivity contribution in [2.24, 2.45) is 0 Å². The monoisotopic (exact) mass is 326 g/mol. The number of ketones is 1. The van der Waals surface area contributed by atoms with Crippen molar-refractivity contribution in [2.45, 2.75) is 13.3 Å². The molecule has 0 saturated heterocycles. The van der Waals surface area contributed by atoms with Gasteiger partial charge < -0.3 is 10.6 Å². The van der Waals surface area contributed by atoms with Crippen LogP contribution in [0.5, 0.6) is 0 Å². The van der Waals surface area contributed by atoms with Gasteiger partial charge in [-0.1, -0.05) is 6.07 Å². The lowest BCUT2D eigenvalue weighted by Gasteiger charge is -2.20. The van der Waals surface area contributed by atoms with E-state index in [1.165, 1.54) is 18.3 Å². The van der Waals surface area contributed by atoms with Crippen LogP contribution in [0.4, 0.5) is 11.4 Å². The highest BCUT2D eigenvalue weighted by molar-refractivity contribution is 7.21. The van der Waals surface area contributed by atoms with E-state index in [2.05, 4.69) is 14.9 Å². The fourth-order valence-corrected chi connectivity index (χ4v) is 3.54. The summed E-state index contributed by atoms with van der Waals surface area (Å²) in [4.78, 5) is 23.9. The lowest BCUT2D eigenvalue weighted by molar-refractivity contribution is 0.102. The van der Waals surface area contributed by atoms with Crippen LogP contribution in [0.1, 0.15) is 22.3 Å². The molecule has 2 N–H and O–H groups in total. The molecule has 3 rings (SSSR count). The Bertz CT molecular complexity index is 844. The van der Waals surface area contributed by atoms with Gasteiger partial charge in [-0.2, -0.15) is 0 Å². The van der Waals surface area contributed by atoms with Crippen molar-refractivity contribution in [1.82, 2.24) is 9.97 Å². The van der Waals surface area contributed by atoms with Crippen molar-refractivity contribution in [3.8, 4) is 0 Å². The Kier molecular flexibility index (Phi) is 4.25. The standard InChI is InChI=1S/C17H18N4OS/c1-11(22)16-15(18)14-13(6-9-20-17(14)23-16)21(2)10-7-12-5-3-4-8-19-12/h3-6,8-9H,7,10,18H2,1-2H3. The molecule has 0 spiro atoms. The highest BCUT2D eigenvalue weighted by Gasteiger charge is 2.18. The molecule has 3 aromatic rings. The van der Waals surface area contributed by atoms with Gasteiger partial charge in [-0.15, -0.1) is 11.3 Å². The molecule has 0 aliphatic rings. The summed E-state index contributed by atoms with van der Waals surface area (Å²) in [6, 6.07) is 7.86. The molecular weight excluding hydrogens is 308 g/mol. The Morgan fingerprint density at radius 1 is 1.26 bits per heavy atom. The van der Waals surface area contributed by atoms with Gasteiger partial charge in [0, 0.05) is 45.0 Å². The molecule has 6 heteroatoms. The van der Waals surface area contributed by atoms with Crippen molar-refractivity contribution in [2.75, 3.05) is 24.2 Å². The molecule has 5 nitrogen and oxygen atoms in total. The van der Waals surface area contributed by atoms with Crippen molar-refractivity contribution in [3.05, 3.63) is 47.2 Å². The molecule has 3 heterocycles. The number of hydrogen-bond acceptors (Lipinski definition) is 6. The number of rotatable bonds is 5. The van der Waals surface area contributed by atoms with Crippen LogP contribution in [0, 0.1) is 0 Å². The van der Waals surface area contributed by atoms with E-state index in [4.69, 9.17) is 5.73 Å². The molecule has 0 fully saturated rings. The number of likely N-dealkylation sites (N-methyl/N-ethyl adjacent to an activating group) is 1. The summed E-state index contributed by atoms with van der Waals surface area (Å²) in [5.41, 5.74) is 8.77. The molecular formula is C17H18N4OS. The highest BCUT2D eigenvalue weighted by atomic mass is 32.1. The Morgan fingerprint density at radius 2 is 2.09 bits per heavy atom. The number of nitrogen functional groups attached to an aromatic ring is 1. The smallest absolute Gasteiger partial charge is 0.171 e. The zero-order chi connectivity index (χ0) is 16.4. The second kappa shape index (κ2) is 6.34. The van der Waals surface area contributed by atoms with Crippen LogP contribution in [0.3, 0.4) is 0 Å². The quantitative estimate of drug-likeness (QED) is 0.729. The molecule has 0 unspecified atom stereocenters. The van der Waals surface area contributed by atoms with E-state index in [9.17, 15) is 4.79 Å². The van der Waals surface area contributed by atoms with E-state index in [-0.39, 0.29) is 5.78 Å². The van der Waals surface area contributed by atoms with Gasteiger partial charge in [-0.25, -0.2) is 4.98 Å². The Balaban J connectivity index is 1.91. The number of thiophene rings is 1. The zero-order valence-electron chi connectivity index (χ0n) is 13.1. The summed E-state index contributed by atoms with van der Waals surface area (Å²) >= 11 is 1.35. The van der Waals surface area contributed by atoms with E-state index in [1.807, 2.05) is 31.3 Å². The predicted octanol–water partition coefficient (Wildman–Crippen LogP) is 3.16. The molecule has 0 aliphatic heterocycles. The Labute approximate surface area is 138 Å². The van der Waals surface area contributed by atoms with Crippen molar-refractivity contribution >= 4 is 38.7 Å². The van der Waals surface area contributed by atoms with E-state index in [1.54, 1.807) is 12.4 Å².